The van der Waals surface area contributed by atoms with Crippen molar-refractivity contribution >= 4 is 29.6 Å². The van der Waals surface area contributed by atoms with Gasteiger partial charge in [0.1, 0.15) is 12.2 Å². The van der Waals surface area contributed by atoms with Gasteiger partial charge in [-0.25, -0.2) is 9.69 Å². The van der Waals surface area contributed by atoms with Crippen molar-refractivity contribution in [3.8, 4) is 5.69 Å². The largest absolute Gasteiger partial charge is 0.329 e. The van der Waals surface area contributed by atoms with E-state index in [1.54, 1.807) is 12.1 Å². The van der Waals surface area contributed by atoms with Gasteiger partial charge in [0.2, 0.25) is 5.91 Å². The van der Waals surface area contributed by atoms with Crippen molar-refractivity contribution in [2.75, 3.05) is 11.9 Å². The van der Waals surface area contributed by atoms with Crippen LogP contribution >= 0.6 is 0 Å². The zero-order chi connectivity index (χ0) is 25.3. The molecular formula is C28H30N4O3. The number of imide groups is 1. The number of amides is 4. The Kier molecular flexibility index (Phi) is 6.60. The molecule has 4 amide bonds. The Morgan fingerprint density at radius 2 is 1.77 bits per heavy atom. The number of nitrogens with zero attached hydrogens (tertiary/aromatic N) is 2. The summed E-state index contributed by atoms with van der Waals surface area (Å²) in [7, 11) is 0. The molecule has 180 valence electrons. The van der Waals surface area contributed by atoms with Crippen molar-refractivity contribution in [1.82, 2.24) is 14.8 Å². The van der Waals surface area contributed by atoms with Gasteiger partial charge in [-0.1, -0.05) is 37.3 Å². The number of rotatable bonds is 6. The first kappa shape index (κ1) is 24.0. The number of urea groups is 1. The number of aryl methyl sites for hydroxylation is 3. The molecule has 0 saturated carbocycles. The number of anilines is 1. The fourth-order valence-electron chi connectivity index (χ4n) is 4.44. The van der Waals surface area contributed by atoms with Crippen molar-refractivity contribution in [3.05, 3.63) is 87.9 Å². The minimum Gasteiger partial charge on any atom is -0.324 e. The second-order valence-corrected chi connectivity index (χ2v) is 8.82. The first-order valence-electron chi connectivity index (χ1n) is 11.7. The van der Waals surface area contributed by atoms with Crippen molar-refractivity contribution in [1.29, 1.82) is 0 Å². The van der Waals surface area contributed by atoms with E-state index < -0.39 is 17.8 Å². The maximum atomic E-state index is 13.0. The van der Waals surface area contributed by atoms with Gasteiger partial charge < -0.3 is 15.2 Å². The van der Waals surface area contributed by atoms with Crippen molar-refractivity contribution < 1.29 is 14.4 Å². The molecule has 0 atom stereocenters. The number of benzene rings is 2. The molecule has 1 aromatic heterocycles. The zero-order valence-electron chi connectivity index (χ0n) is 20.7. The fraction of sp³-hybridized carbons (Fsp3) is 0.250. The van der Waals surface area contributed by atoms with E-state index >= 15 is 0 Å². The lowest BCUT2D eigenvalue weighted by Gasteiger charge is -2.14. The molecule has 3 aromatic rings. The maximum Gasteiger partial charge on any atom is 0.329 e. The van der Waals surface area contributed by atoms with Gasteiger partial charge in [-0.2, -0.15) is 0 Å². The molecule has 1 saturated heterocycles. The lowest BCUT2D eigenvalue weighted by Crippen LogP contribution is -2.38. The van der Waals surface area contributed by atoms with E-state index in [9.17, 15) is 14.4 Å². The number of para-hydroxylation sites is 1. The summed E-state index contributed by atoms with van der Waals surface area (Å²) in [5, 5.41) is 5.43. The number of nitrogens with one attached hydrogen (secondary N) is 2. The third-order valence-corrected chi connectivity index (χ3v) is 6.52. The molecule has 0 spiro atoms. The predicted molar refractivity (Wildman–Crippen MR) is 137 cm³/mol. The van der Waals surface area contributed by atoms with E-state index in [-0.39, 0.29) is 12.2 Å². The smallest absolute Gasteiger partial charge is 0.324 e. The number of aromatic nitrogens is 1. The van der Waals surface area contributed by atoms with Crippen molar-refractivity contribution in [2.45, 2.75) is 41.0 Å². The standard InChI is InChI=1S/C28H30N4O3/c1-6-21-11-7-8-12-23(21)29-26(33)16-31-27(34)24(30-28(31)35)15-22-14-18(3)32(20(22)5)25-13-9-10-17(2)19(25)4/h7-15H,6,16H2,1-5H3,(H,29,33)(H,30,35)/b24-15+. The fourth-order valence-corrected chi connectivity index (χ4v) is 4.44. The van der Waals surface area contributed by atoms with E-state index in [1.807, 2.05) is 51.1 Å². The normalized spacial score (nSPS) is 14.5. The lowest BCUT2D eigenvalue weighted by atomic mass is 10.1. The quantitative estimate of drug-likeness (QED) is 0.401. The van der Waals surface area contributed by atoms with Gasteiger partial charge in [-0.15, -0.1) is 0 Å². The topological polar surface area (TPSA) is 83.4 Å². The molecule has 2 heterocycles. The average Bonchev–Trinajstić information content (AvgIpc) is 3.25. The Bertz CT molecular complexity index is 1370. The van der Waals surface area contributed by atoms with Gasteiger partial charge in [0, 0.05) is 22.8 Å². The van der Waals surface area contributed by atoms with Gasteiger partial charge >= 0.3 is 6.03 Å². The molecule has 7 heteroatoms. The van der Waals surface area contributed by atoms with E-state index in [0.717, 1.165) is 39.5 Å². The van der Waals surface area contributed by atoms with Crippen LogP contribution in [0.3, 0.4) is 0 Å². The molecule has 2 aromatic carbocycles. The highest BCUT2D eigenvalue weighted by Gasteiger charge is 2.35. The molecule has 0 radical (unpaired) electrons. The maximum absolute atomic E-state index is 13.0. The first-order valence-corrected chi connectivity index (χ1v) is 11.7. The molecule has 1 aliphatic rings. The second kappa shape index (κ2) is 9.62. The van der Waals surface area contributed by atoms with E-state index in [1.165, 1.54) is 11.1 Å². The molecule has 35 heavy (non-hydrogen) atoms. The predicted octanol–water partition coefficient (Wildman–Crippen LogP) is 4.80. The SMILES string of the molecule is CCc1ccccc1NC(=O)CN1C(=O)N/C(=C/c2cc(C)n(-c3cccc(C)c3C)c2C)C1=O. The Morgan fingerprint density at radius 3 is 2.51 bits per heavy atom. The van der Waals surface area contributed by atoms with Gasteiger partial charge in [0.15, 0.2) is 0 Å². The van der Waals surface area contributed by atoms with Gasteiger partial charge in [-0.05, 0) is 80.6 Å². The summed E-state index contributed by atoms with van der Waals surface area (Å²) in [4.78, 5) is 39.0. The highest BCUT2D eigenvalue weighted by atomic mass is 16.2. The molecule has 4 rings (SSSR count). The van der Waals surface area contributed by atoms with Gasteiger partial charge in [0.05, 0.1) is 0 Å². The molecule has 0 bridgehead atoms. The van der Waals surface area contributed by atoms with Crippen LogP contribution in [-0.4, -0.2) is 33.9 Å². The molecule has 1 aliphatic heterocycles. The Balaban J connectivity index is 1.55. The Morgan fingerprint density at radius 1 is 1.03 bits per heavy atom. The highest BCUT2D eigenvalue weighted by molar-refractivity contribution is 6.16. The van der Waals surface area contributed by atoms with Gasteiger partial charge in [-0.3, -0.25) is 9.59 Å². The number of carbonyl (C=O) groups excluding carboxylic acids is 3. The summed E-state index contributed by atoms with van der Waals surface area (Å²) in [5.41, 5.74) is 8.08. The molecule has 7 nitrogen and oxygen atoms in total. The summed E-state index contributed by atoms with van der Waals surface area (Å²) < 4.78 is 2.15. The Hall–Kier alpha value is -4.13. The first-order chi connectivity index (χ1) is 16.7. The van der Waals surface area contributed by atoms with Crippen molar-refractivity contribution in [3.63, 3.8) is 0 Å². The minimum atomic E-state index is -0.608. The van der Waals surface area contributed by atoms with E-state index in [4.69, 9.17) is 0 Å². The molecule has 0 aliphatic carbocycles. The van der Waals surface area contributed by atoms with Crippen LogP contribution < -0.4 is 10.6 Å². The second-order valence-electron chi connectivity index (χ2n) is 8.82. The Labute approximate surface area is 205 Å². The molecule has 1 fully saturated rings. The molecule has 2 N–H and O–H groups in total. The van der Waals surface area contributed by atoms with Crippen LogP contribution in [0.25, 0.3) is 11.8 Å². The van der Waals surface area contributed by atoms with E-state index in [0.29, 0.717) is 5.69 Å². The van der Waals surface area contributed by atoms with E-state index in [2.05, 4.69) is 41.2 Å². The monoisotopic (exact) mass is 470 g/mol. The van der Waals surface area contributed by atoms with Crippen molar-refractivity contribution in [2.24, 2.45) is 0 Å². The van der Waals surface area contributed by atoms with Crippen LogP contribution in [-0.2, 0) is 16.0 Å². The molecule has 0 unspecified atom stereocenters. The highest BCUT2D eigenvalue weighted by Crippen LogP contribution is 2.27. The summed E-state index contributed by atoms with van der Waals surface area (Å²) >= 11 is 0. The lowest BCUT2D eigenvalue weighted by molar-refractivity contribution is -0.127. The summed E-state index contributed by atoms with van der Waals surface area (Å²) in [6.45, 7) is 9.80. The number of hydrogen-bond acceptors (Lipinski definition) is 3. The van der Waals surface area contributed by atoms with Gasteiger partial charge in [0.25, 0.3) is 5.91 Å². The summed E-state index contributed by atoms with van der Waals surface area (Å²) in [6, 6.07) is 15.0. The van der Waals surface area contributed by atoms with Crippen LogP contribution in [0.5, 0.6) is 0 Å². The third-order valence-electron chi connectivity index (χ3n) is 6.52. The molecular weight excluding hydrogens is 440 g/mol. The van der Waals surface area contributed by atoms with Crippen LogP contribution in [0.2, 0.25) is 0 Å². The average molecular weight is 471 g/mol. The van der Waals surface area contributed by atoms with Crippen LogP contribution in [0, 0.1) is 27.7 Å². The zero-order valence-corrected chi connectivity index (χ0v) is 20.7. The minimum absolute atomic E-state index is 0.151. The van der Waals surface area contributed by atoms with Crippen LogP contribution in [0.4, 0.5) is 10.5 Å². The van der Waals surface area contributed by atoms with Crippen LogP contribution in [0.1, 0.15) is 40.6 Å². The summed E-state index contributed by atoms with van der Waals surface area (Å²) in [6.07, 6.45) is 2.43. The van der Waals surface area contributed by atoms with Crippen LogP contribution in [0.15, 0.2) is 54.2 Å². The number of carbonyl (C=O) groups is 3. The number of hydrogen-bond donors (Lipinski definition) is 2. The third kappa shape index (κ3) is 4.62. The summed E-state index contributed by atoms with van der Waals surface area (Å²) in [5.74, 6) is -0.950.